The highest BCUT2D eigenvalue weighted by molar-refractivity contribution is 5.87. The van der Waals surface area contributed by atoms with Crippen molar-refractivity contribution in [2.75, 3.05) is 18.5 Å². The highest BCUT2D eigenvalue weighted by Crippen LogP contribution is 2.21. The van der Waals surface area contributed by atoms with Gasteiger partial charge in [0.25, 0.3) is 0 Å². The quantitative estimate of drug-likeness (QED) is 0.840. The fourth-order valence-electron chi connectivity index (χ4n) is 2.02. The molecular formula is C13H17NO3. The van der Waals surface area contributed by atoms with E-state index in [-0.39, 0.29) is 0 Å². The third kappa shape index (κ3) is 2.97. The number of hydrogen-bond donors (Lipinski definition) is 2. The number of nitrogens with one attached hydrogen (secondary N) is 1. The molecule has 4 nitrogen and oxygen atoms in total. The smallest absolute Gasteiger partial charge is 0.335 e. The number of ether oxygens (including phenoxy) is 1. The van der Waals surface area contributed by atoms with Gasteiger partial charge in [-0.05, 0) is 37.6 Å². The van der Waals surface area contributed by atoms with Gasteiger partial charge in [-0.25, -0.2) is 4.79 Å². The van der Waals surface area contributed by atoms with Crippen molar-refractivity contribution in [2.45, 2.75) is 19.4 Å². The number of carboxylic acid groups (broad SMARTS) is 1. The molecule has 0 aromatic heterocycles. The van der Waals surface area contributed by atoms with Crippen molar-refractivity contribution in [2.24, 2.45) is 5.92 Å². The summed E-state index contributed by atoms with van der Waals surface area (Å²) in [6, 6.07) is 6.81. The molecule has 2 N–H and O–H groups in total. The van der Waals surface area contributed by atoms with E-state index >= 15 is 0 Å². The first kappa shape index (κ1) is 11.9. The van der Waals surface area contributed by atoms with Gasteiger partial charge < -0.3 is 15.2 Å². The Hall–Kier alpha value is -1.55. The molecule has 1 aliphatic heterocycles. The first-order chi connectivity index (χ1) is 8.16. The highest BCUT2D eigenvalue weighted by Gasteiger charge is 2.23. The Balaban J connectivity index is 1.88. The van der Waals surface area contributed by atoms with Gasteiger partial charge in [0.2, 0.25) is 0 Å². The van der Waals surface area contributed by atoms with E-state index in [0.717, 1.165) is 25.3 Å². The molecule has 1 fully saturated rings. The van der Waals surface area contributed by atoms with Crippen LogP contribution in [0.4, 0.5) is 5.69 Å². The van der Waals surface area contributed by atoms with Gasteiger partial charge in [-0.15, -0.1) is 0 Å². The van der Waals surface area contributed by atoms with E-state index < -0.39 is 5.97 Å². The molecule has 1 aromatic carbocycles. The number of anilines is 1. The second-order valence-electron chi connectivity index (χ2n) is 4.39. The number of hydrogen-bond acceptors (Lipinski definition) is 3. The molecule has 1 aliphatic rings. The molecule has 2 unspecified atom stereocenters. The Kier molecular flexibility index (Phi) is 3.64. The summed E-state index contributed by atoms with van der Waals surface area (Å²) in [5.74, 6) is -0.358. The fourth-order valence-corrected chi connectivity index (χ4v) is 2.02. The van der Waals surface area contributed by atoms with E-state index in [1.807, 2.05) is 0 Å². The predicted octanol–water partition coefficient (Wildman–Crippen LogP) is 2.22. The fraction of sp³-hybridized carbons (Fsp3) is 0.462. The molecule has 0 bridgehead atoms. The van der Waals surface area contributed by atoms with E-state index in [1.165, 1.54) is 0 Å². The third-order valence-corrected chi connectivity index (χ3v) is 3.23. The van der Waals surface area contributed by atoms with Gasteiger partial charge in [0, 0.05) is 24.8 Å². The van der Waals surface area contributed by atoms with Crippen molar-refractivity contribution in [3.63, 3.8) is 0 Å². The average Bonchev–Trinajstić information content (AvgIpc) is 2.73. The zero-order valence-corrected chi connectivity index (χ0v) is 9.85. The lowest BCUT2D eigenvalue weighted by molar-refractivity contribution is 0.0697. The molecule has 1 aromatic rings. The van der Waals surface area contributed by atoms with Crippen LogP contribution in [0.2, 0.25) is 0 Å². The summed E-state index contributed by atoms with van der Waals surface area (Å²) in [6.07, 6.45) is 1.39. The van der Waals surface area contributed by atoms with Crippen molar-refractivity contribution >= 4 is 11.7 Å². The maximum atomic E-state index is 10.7. The van der Waals surface area contributed by atoms with Crippen LogP contribution in [-0.2, 0) is 4.74 Å². The summed E-state index contributed by atoms with van der Waals surface area (Å²) >= 11 is 0. The number of aromatic carboxylic acids is 1. The Labute approximate surface area is 101 Å². The summed E-state index contributed by atoms with van der Waals surface area (Å²) in [6.45, 7) is 3.80. The molecule has 0 amide bonds. The third-order valence-electron chi connectivity index (χ3n) is 3.23. The lowest BCUT2D eigenvalue weighted by Crippen LogP contribution is -2.20. The van der Waals surface area contributed by atoms with Crippen molar-refractivity contribution in [1.82, 2.24) is 0 Å². The second-order valence-corrected chi connectivity index (χ2v) is 4.39. The summed E-state index contributed by atoms with van der Waals surface area (Å²) in [7, 11) is 0. The van der Waals surface area contributed by atoms with Gasteiger partial charge in [0.05, 0.1) is 11.7 Å². The van der Waals surface area contributed by atoms with E-state index in [0.29, 0.717) is 17.6 Å². The van der Waals surface area contributed by atoms with Gasteiger partial charge in [0.15, 0.2) is 0 Å². The number of benzene rings is 1. The Bertz CT molecular complexity index is 388. The summed E-state index contributed by atoms with van der Waals surface area (Å²) < 4.78 is 5.49. The Morgan fingerprint density at radius 3 is 2.71 bits per heavy atom. The second kappa shape index (κ2) is 5.19. The van der Waals surface area contributed by atoms with Crippen molar-refractivity contribution in [1.29, 1.82) is 0 Å². The molecule has 0 saturated carbocycles. The maximum absolute atomic E-state index is 10.7. The molecule has 1 saturated heterocycles. The summed E-state index contributed by atoms with van der Waals surface area (Å²) in [5.41, 5.74) is 1.27. The van der Waals surface area contributed by atoms with Crippen LogP contribution in [0.25, 0.3) is 0 Å². The minimum absolute atomic E-state index is 0.306. The molecule has 1 heterocycles. The van der Waals surface area contributed by atoms with Crippen LogP contribution in [0.3, 0.4) is 0 Å². The monoisotopic (exact) mass is 235 g/mol. The van der Waals surface area contributed by atoms with Gasteiger partial charge in [-0.2, -0.15) is 0 Å². The number of rotatable bonds is 4. The molecule has 92 valence electrons. The molecule has 0 spiro atoms. The first-order valence-corrected chi connectivity index (χ1v) is 5.85. The maximum Gasteiger partial charge on any atom is 0.335 e. The Morgan fingerprint density at radius 2 is 2.18 bits per heavy atom. The van der Waals surface area contributed by atoms with Crippen LogP contribution >= 0.6 is 0 Å². The number of carbonyl (C=O) groups is 1. The Morgan fingerprint density at radius 1 is 1.47 bits per heavy atom. The lowest BCUT2D eigenvalue weighted by Gasteiger charge is -2.15. The molecule has 0 aliphatic carbocycles. The van der Waals surface area contributed by atoms with Crippen LogP contribution in [0.1, 0.15) is 23.7 Å². The summed E-state index contributed by atoms with van der Waals surface area (Å²) in [5, 5.41) is 12.1. The average molecular weight is 235 g/mol. The molecule has 2 rings (SSSR count). The summed E-state index contributed by atoms with van der Waals surface area (Å²) in [4.78, 5) is 10.7. The van der Waals surface area contributed by atoms with Crippen LogP contribution < -0.4 is 5.32 Å². The van der Waals surface area contributed by atoms with Gasteiger partial charge in [0.1, 0.15) is 0 Å². The highest BCUT2D eigenvalue weighted by atomic mass is 16.5. The van der Waals surface area contributed by atoms with Crippen LogP contribution in [0.15, 0.2) is 24.3 Å². The molecule has 4 heteroatoms. The van der Waals surface area contributed by atoms with E-state index in [9.17, 15) is 4.79 Å². The SMILES string of the molecule is CC1OCCC1CNc1ccc(C(=O)O)cc1. The standard InChI is InChI=1S/C13H17NO3/c1-9-11(6-7-17-9)8-14-12-4-2-10(3-5-12)13(15)16/h2-5,9,11,14H,6-8H2,1H3,(H,15,16). The topological polar surface area (TPSA) is 58.6 Å². The van der Waals surface area contributed by atoms with Crippen molar-refractivity contribution in [3.05, 3.63) is 29.8 Å². The zero-order valence-electron chi connectivity index (χ0n) is 9.85. The normalized spacial score (nSPS) is 23.6. The van der Waals surface area contributed by atoms with Crippen LogP contribution in [-0.4, -0.2) is 30.3 Å². The lowest BCUT2D eigenvalue weighted by atomic mass is 10.0. The molecule has 2 atom stereocenters. The minimum atomic E-state index is -0.894. The largest absolute Gasteiger partial charge is 0.478 e. The zero-order chi connectivity index (χ0) is 12.3. The van der Waals surface area contributed by atoms with E-state index in [4.69, 9.17) is 9.84 Å². The van der Waals surface area contributed by atoms with E-state index in [1.54, 1.807) is 24.3 Å². The molecular weight excluding hydrogens is 218 g/mol. The van der Waals surface area contributed by atoms with E-state index in [2.05, 4.69) is 12.2 Å². The number of carboxylic acids is 1. The predicted molar refractivity (Wildman–Crippen MR) is 65.4 cm³/mol. The molecule has 0 radical (unpaired) electrons. The van der Waals surface area contributed by atoms with Gasteiger partial charge in [-0.3, -0.25) is 0 Å². The van der Waals surface area contributed by atoms with Gasteiger partial charge >= 0.3 is 5.97 Å². The van der Waals surface area contributed by atoms with Gasteiger partial charge in [-0.1, -0.05) is 0 Å². The first-order valence-electron chi connectivity index (χ1n) is 5.85. The van der Waals surface area contributed by atoms with Crippen LogP contribution in [0.5, 0.6) is 0 Å². The molecule has 17 heavy (non-hydrogen) atoms. The van der Waals surface area contributed by atoms with Crippen molar-refractivity contribution in [3.8, 4) is 0 Å². The van der Waals surface area contributed by atoms with Crippen LogP contribution in [0, 0.1) is 5.92 Å². The minimum Gasteiger partial charge on any atom is -0.478 e. The van der Waals surface area contributed by atoms with Crippen molar-refractivity contribution < 1.29 is 14.6 Å².